The molecule has 0 unspecified atom stereocenters. The molecule has 2 aliphatic carbocycles. The first-order chi connectivity index (χ1) is 26.3. The standard InChI is InChI=1S/C54H40/c1-53(2)48-19-11-9-17-40(48)42-25-23-38(30-50(42)53)44-32-45(37-22-21-33-13-5-6-14-34(33)27-37)52(47-29-36-16-8-7-15-35(36)28-46(44)47)39-24-26-43-41-18-10-12-20-49(41)54(3,4)51(43)31-39/h5-32H,1-4H3. The molecule has 0 amide bonds. The number of hydrogen-bond donors (Lipinski definition) is 0. The van der Waals surface area contributed by atoms with Gasteiger partial charge >= 0.3 is 0 Å². The summed E-state index contributed by atoms with van der Waals surface area (Å²) < 4.78 is 0. The van der Waals surface area contributed by atoms with E-state index in [1.54, 1.807) is 0 Å². The van der Waals surface area contributed by atoms with Gasteiger partial charge in [0.2, 0.25) is 0 Å². The van der Waals surface area contributed by atoms with Crippen molar-refractivity contribution in [3.05, 3.63) is 192 Å². The van der Waals surface area contributed by atoms with E-state index >= 15 is 0 Å². The maximum absolute atomic E-state index is 2.50. The quantitative estimate of drug-likeness (QED) is 0.162. The summed E-state index contributed by atoms with van der Waals surface area (Å²) in [5.41, 5.74) is 18.4. The molecule has 0 bridgehead atoms. The molecule has 0 saturated heterocycles. The summed E-state index contributed by atoms with van der Waals surface area (Å²) in [5.74, 6) is 0. The zero-order chi connectivity index (χ0) is 36.3. The highest BCUT2D eigenvalue weighted by molar-refractivity contribution is 6.15. The van der Waals surface area contributed by atoms with Gasteiger partial charge in [0.15, 0.2) is 0 Å². The molecule has 0 N–H and O–H groups in total. The van der Waals surface area contributed by atoms with Crippen molar-refractivity contribution >= 4 is 32.3 Å². The molecule has 0 spiro atoms. The lowest BCUT2D eigenvalue weighted by atomic mass is 9.79. The first kappa shape index (κ1) is 31.3. The van der Waals surface area contributed by atoms with E-state index in [4.69, 9.17) is 0 Å². The van der Waals surface area contributed by atoms with E-state index in [1.165, 1.54) is 110 Å². The lowest BCUT2D eigenvalue weighted by Gasteiger charge is -2.24. The Morgan fingerprint density at radius 3 is 1.35 bits per heavy atom. The second kappa shape index (κ2) is 11.1. The SMILES string of the molecule is CC1(C)c2ccccc2-c2ccc(-c3cc(-c4ccc5ccccc5c4)c(-c4ccc5c(c4)C(C)(C)c4ccccc4-5)c4cc5ccccc5cc34)cc21. The van der Waals surface area contributed by atoms with Gasteiger partial charge in [-0.2, -0.15) is 0 Å². The van der Waals surface area contributed by atoms with Gasteiger partial charge in [-0.15, -0.1) is 0 Å². The van der Waals surface area contributed by atoms with Crippen molar-refractivity contribution in [2.24, 2.45) is 0 Å². The fourth-order valence-corrected chi connectivity index (χ4v) is 9.98. The molecular formula is C54H40. The van der Waals surface area contributed by atoms with Gasteiger partial charge in [-0.05, 0) is 147 Å². The Bertz CT molecular complexity index is 3040. The van der Waals surface area contributed by atoms with Gasteiger partial charge in [0, 0.05) is 10.8 Å². The highest BCUT2D eigenvalue weighted by atomic mass is 14.4. The van der Waals surface area contributed by atoms with Crippen LogP contribution in [0.4, 0.5) is 0 Å². The van der Waals surface area contributed by atoms with Crippen molar-refractivity contribution in [2.75, 3.05) is 0 Å². The topological polar surface area (TPSA) is 0 Å². The summed E-state index contributed by atoms with van der Waals surface area (Å²) in [7, 11) is 0. The largest absolute Gasteiger partial charge is 0.0619 e. The number of rotatable bonds is 3. The van der Waals surface area contributed by atoms with E-state index in [-0.39, 0.29) is 10.8 Å². The fourth-order valence-electron chi connectivity index (χ4n) is 9.98. The van der Waals surface area contributed by atoms with Crippen molar-refractivity contribution in [3.8, 4) is 55.6 Å². The molecule has 0 heterocycles. The van der Waals surface area contributed by atoms with Crippen molar-refractivity contribution in [1.82, 2.24) is 0 Å². The lowest BCUT2D eigenvalue weighted by Crippen LogP contribution is -2.15. The summed E-state index contributed by atoms with van der Waals surface area (Å²) in [6.45, 7) is 9.52. The van der Waals surface area contributed by atoms with Gasteiger partial charge in [0.1, 0.15) is 0 Å². The molecule has 0 aromatic heterocycles. The zero-order valence-corrected chi connectivity index (χ0v) is 31.2. The Balaban J connectivity index is 1.24. The van der Waals surface area contributed by atoms with Gasteiger partial charge in [-0.25, -0.2) is 0 Å². The Morgan fingerprint density at radius 2 is 0.722 bits per heavy atom. The van der Waals surface area contributed by atoms with Crippen LogP contribution in [0, 0.1) is 0 Å². The molecule has 0 saturated carbocycles. The molecule has 0 aliphatic heterocycles. The maximum atomic E-state index is 2.50. The molecule has 0 nitrogen and oxygen atoms in total. The molecule has 0 atom stereocenters. The lowest BCUT2D eigenvalue weighted by molar-refractivity contribution is 0.660. The van der Waals surface area contributed by atoms with Crippen molar-refractivity contribution < 1.29 is 0 Å². The average Bonchev–Trinajstić information content (AvgIpc) is 3.58. The van der Waals surface area contributed by atoms with Crippen LogP contribution in [0.2, 0.25) is 0 Å². The monoisotopic (exact) mass is 688 g/mol. The third kappa shape index (κ3) is 4.37. The van der Waals surface area contributed by atoms with E-state index in [0.717, 1.165) is 0 Å². The molecule has 2 aliphatic rings. The number of benzene rings is 9. The fraction of sp³-hybridized carbons (Fsp3) is 0.111. The maximum Gasteiger partial charge on any atom is 0.0159 e. The Hall–Kier alpha value is -6.24. The van der Waals surface area contributed by atoms with Crippen LogP contribution in [0.15, 0.2) is 170 Å². The molecule has 256 valence electrons. The minimum atomic E-state index is -0.0950. The number of hydrogen-bond acceptors (Lipinski definition) is 0. The molecule has 0 fully saturated rings. The van der Waals surface area contributed by atoms with Crippen LogP contribution in [0.1, 0.15) is 49.9 Å². The van der Waals surface area contributed by atoms with E-state index in [1.807, 2.05) is 0 Å². The van der Waals surface area contributed by atoms with E-state index < -0.39 is 0 Å². The van der Waals surface area contributed by atoms with Crippen LogP contribution >= 0.6 is 0 Å². The second-order valence-electron chi connectivity index (χ2n) is 16.5. The van der Waals surface area contributed by atoms with Crippen molar-refractivity contribution in [2.45, 2.75) is 38.5 Å². The molecule has 9 aromatic rings. The first-order valence-electron chi connectivity index (χ1n) is 19.3. The van der Waals surface area contributed by atoms with Gasteiger partial charge in [0.05, 0.1) is 0 Å². The first-order valence-corrected chi connectivity index (χ1v) is 19.3. The summed E-state index contributed by atoms with van der Waals surface area (Å²) in [5, 5.41) is 7.59. The Morgan fingerprint density at radius 1 is 0.278 bits per heavy atom. The molecule has 0 heteroatoms. The van der Waals surface area contributed by atoms with Gasteiger partial charge in [0.25, 0.3) is 0 Å². The molecule has 11 rings (SSSR count). The highest BCUT2D eigenvalue weighted by Gasteiger charge is 2.37. The van der Waals surface area contributed by atoms with Crippen molar-refractivity contribution in [3.63, 3.8) is 0 Å². The number of fused-ring (bicyclic) bond motifs is 9. The summed E-state index contributed by atoms with van der Waals surface area (Å²) in [6.07, 6.45) is 0. The second-order valence-corrected chi connectivity index (χ2v) is 16.5. The van der Waals surface area contributed by atoms with Crippen molar-refractivity contribution in [1.29, 1.82) is 0 Å². The van der Waals surface area contributed by atoms with Gasteiger partial charge < -0.3 is 0 Å². The smallest absolute Gasteiger partial charge is 0.0159 e. The summed E-state index contributed by atoms with van der Waals surface area (Å²) in [6, 6.07) is 64.3. The van der Waals surface area contributed by atoms with E-state index in [2.05, 4.69) is 198 Å². The van der Waals surface area contributed by atoms with Crippen LogP contribution < -0.4 is 0 Å². The average molecular weight is 689 g/mol. The minimum absolute atomic E-state index is 0.0830. The normalized spacial score (nSPS) is 14.6. The third-order valence-electron chi connectivity index (χ3n) is 12.8. The predicted molar refractivity (Wildman–Crippen MR) is 230 cm³/mol. The van der Waals surface area contributed by atoms with Crippen LogP contribution in [0.25, 0.3) is 88.0 Å². The van der Waals surface area contributed by atoms with Gasteiger partial charge in [-0.3, -0.25) is 0 Å². The van der Waals surface area contributed by atoms with Crippen LogP contribution in [-0.4, -0.2) is 0 Å². The van der Waals surface area contributed by atoms with Crippen LogP contribution in [0.5, 0.6) is 0 Å². The molecule has 9 aromatic carbocycles. The summed E-state index contributed by atoms with van der Waals surface area (Å²) >= 11 is 0. The Labute approximate surface area is 317 Å². The van der Waals surface area contributed by atoms with E-state index in [0.29, 0.717) is 0 Å². The molecular weight excluding hydrogens is 649 g/mol. The predicted octanol–water partition coefficient (Wildman–Crippen LogP) is 14.8. The van der Waals surface area contributed by atoms with Crippen LogP contribution in [0.3, 0.4) is 0 Å². The molecule has 0 radical (unpaired) electrons. The van der Waals surface area contributed by atoms with Crippen LogP contribution in [-0.2, 0) is 10.8 Å². The van der Waals surface area contributed by atoms with Gasteiger partial charge in [-0.1, -0.05) is 161 Å². The molecule has 54 heavy (non-hydrogen) atoms. The minimum Gasteiger partial charge on any atom is -0.0619 e. The zero-order valence-electron chi connectivity index (χ0n) is 31.2. The van der Waals surface area contributed by atoms with E-state index in [9.17, 15) is 0 Å². The Kier molecular flexibility index (Phi) is 6.46. The highest BCUT2D eigenvalue weighted by Crippen LogP contribution is 2.53. The third-order valence-corrected chi connectivity index (χ3v) is 12.8. The summed E-state index contributed by atoms with van der Waals surface area (Å²) in [4.78, 5) is 0.